The van der Waals surface area contributed by atoms with Gasteiger partial charge in [0.25, 0.3) is 5.91 Å². The van der Waals surface area contributed by atoms with Gasteiger partial charge in [0.15, 0.2) is 0 Å². The smallest absolute Gasteiger partial charge is 0.269 e. The van der Waals surface area contributed by atoms with Crippen molar-refractivity contribution in [3.8, 4) is 0 Å². The second-order valence-corrected chi connectivity index (χ2v) is 5.47. The van der Waals surface area contributed by atoms with E-state index in [1.807, 2.05) is 30.3 Å². The van der Waals surface area contributed by atoms with Crippen molar-refractivity contribution in [2.75, 3.05) is 13.2 Å². The molecular formula is C14H14BrN3O2. The lowest BCUT2D eigenvalue weighted by molar-refractivity contribution is 0.0713. The number of carbonyl (C=O) groups is 1. The van der Waals surface area contributed by atoms with Crippen LogP contribution in [-0.4, -0.2) is 28.8 Å². The molecule has 2 aromatic rings. The average Bonchev–Trinajstić information content (AvgIpc) is 2.85. The Hall–Kier alpha value is -1.66. The van der Waals surface area contributed by atoms with Crippen LogP contribution in [0.2, 0.25) is 0 Å². The van der Waals surface area contributed by atoms with E-state index in [2.05, 4.69) is 26.3 Å². The Morgan fingerprint density at radius 1 is 1.40 bits per heavy atom. The van der Waals surface area contributed by atoms with Gasteiger partial charge in [-0.15, -0.1) is 0 Å². The molecule has 5 nitrogen and oxygen atoms in total. The number of amides is 1. The van der Waals surface area contributed by atoms with E-state index < -0.39 is 0 Å². The van der Waals surface area contributed by atoms with Crippen LogP contribution in [0.4, 0.5) is 0 Å². The first-order valence-corrected chi connectivity index (χ1v) is 7.18. The minimum Gasteiger partial charge on any atom is -0.374 e. The van der Waals surface area contributed by atoms with E-state index in [0.29, 0.717) is 30.1 Å². The summed E-state index contributed by atoms with van der Waals surface area (Å²) in [4.78, 5) is 11.7. The molecule has 1 aromatic carbocycles. The third-order valence-electron chi connectivity index (χ3n) is 3.20. The third kappa shape index (κ3) is 2.76. The molecule has 6 heteroatoms. The van der Waals surface area contributed by atoms with Gasteiger partial charge in [-0.3, -0.25) is 9.48 Å². The topological polar surface area (TPSA) is 56.1 Å². The molecule has 1 N–H and O–H groups in total. The second kappa shape index (κ2) is 5.76. The van der Waals surface area contributed by atoms with Gasteiger partial charge in [-0.2, -0.15) is 5.10 Å². The molecule has 0 spiro atoms. The minimum atomic E-state index is -0.0949. The number of rotatable bonds is 4. The number of benzene rings is 1. The Kier molecular flexibility index (Phi) is 3.84. The highest BCUT2D eigenvalue weighted by Gasteiger charge is 2.26. The quantitative estimate of drug-likeness (QED) is 0.931. The summed E-state index contributed by atoms with van der Waals surface area (Å²) in [7, 11) is 0. The Bertz CT molecular complexity index is 612. The van der Waals surface area contributed by atoms with Crippen molar-refractivity contribution in [3.05, 3.63) is 52.3 Å². The summed E-state index contributed by atoms with van der Waals surface area (Å²) in [6.45, 7) is 1.61. The lowest BCUT2D eigenvalue weighted by Crippen LogP contribution is -2.41. The zero-order valence-corrected chi connectivity index (χ0v) is 12.3. The summed E-state index contributed by atoms with van der Waals surface area (Å²) in [5, 5.41) is 7.15. The monoisotopic (exact) mass is 335 g/mol. The molecular weight excluding hydrogens is 322 g/mol. The number of halogens is 1. The zero-order valence-electron chi connectivity index (χ0n) is 10.8. The number of hydrogen-bond acceptors (Lipinski definition) is 3. The molecule has 3 rings (SSSR count). The summed E-state index contributed by atoms with van der Waals surface area (Å²) in [5.41, 5.74) is 1.70. The minimum absolute atomic E-state index is 0.0257. The molecule has 20 heavy (non-hydrogen) atoms. The first-order chi connectivity index (χ1) is 9.74. The van der Waals surface area contributed by atoms with Crippen LogP contribution < -0.4 is 5.32 Å². The van der Waals surface area contributed by atoms with Gasteiger partial charge in [0, 0.05) is 12.6 Å². The summed E-state index contributed by atoms with van der Waals surface area (Å²) >= 11 is 3.30. The highest BCUT2D eigenvalue weighted by molar-refractivity contribution is 9.10. The molecule has 2 heterocycles. The van der Waals surface area contributed by atoms with E-state index >= 15 is 0 Å². The van der Waals surface area contributed by atoms with Crippen molar-refractivity contribution in [3.63, 3.8) is 0 Å². The molecule has 1 aliphatic rings. The van der Waals surface area contributed by atoms with Gasteiger partial charge in [-0.25, -0.2) is 0 Å². The predicted octanol–water partition coefficient (Wildman–Crippen LogP) is 2.15. The van der Waals surface area contributed by atoms with Crippen LogP contribution in [0.25, 0.3) is 0 Å². The van der Waals surface area contributed by atoms with Crippen molar-refractivity contribution in [2.45, 2.75) is 12.6 Å². The summed E-state index contributed by atoms with van der Waals surface area (Å²) < 4.78 is 8.13. The van der Waals surface area contributed by atoms with E-state index in [0.717, 1.165) is 5.56 Å². The Labute approximate surface area is 125 Å². The highest BCUT2D eigenvalue weighted by Crippen LogP contribution is 2.19. The maximum absolute atomic E-state index is 11.7. The molecule has 0 saturated carbocycles. The number of fused-ring (bicyclic) bond motifs is 1. The fourth-order valence-corrected chi connectivity index (χ4v) is 2.60. The van der Waals surface area contributed by atoms with E-state index in [1.54, 1.807) is 10.7 Å². The summed E-state index contributed by atoms with van der Waals surface area (Å²) in [6, 6.07) is 11.8. The number of hydrogen-bond donors (Lipinski definition) is 1. The van der Waals surface area contributed by atoms with Gasteiger partial charge in [0.1, 0.15) is 10.3 Å². The van der Waals surface area contributed by atoms with Gasteiger partial charge in [-0.05, 0) is 21.5 Å². The molecule has 1 atom stereocenters. The van der Waals surface area contributed by atoms with Crippen LogP contribution in [0, 0.1) is 0 Å². The SMILES string of the molecule is O=C1NC[C@H](COCc2ccccc2)n2nc(Br)cc21. The summed E-state index contributed by atoms with van der Waals surface area (Å²) in [6.07, 6.45) is 0. The lowest BCUT2D eigenvalue weighted by atomic mass is 10.2. The predicted molar refractivity (Wildman–Crippen MR) is 77.4 cm³/mol. The van der Waals surface area contributed by atoms with E-state index in [-0.39, 0.29) is 11.9 Å². The van der Waals surface area contributed by atoms with Gasteiger partial charge < -0.3 is 10.1 Å². The standard InChI is InChI=1S/C14H14BrN3O2/c15-13-6-12-14(19)16-7-11(18(12)17-13)9-20-8-10-4-2-1-3-5-10/h1-6,11H,7-9H2,(H,16,19)/t11-/m1/s1. The number of aromatic nitrogens is 2. The molecule has 0 fully saturated rings. The fraction of sp³-hybridized carbons (Fsp3) is 0.286. The first kappa shape index (κ1) is 13.3. The molecule has 1 aromatic heterocycles. The second-order valence-electron chi connectivity index (χ2n) is 4.66. The Balaban J connectivity index is 1.64. The molecule has 1 amide bonds. The van der Waals surface area contributed by atoms with Crippen molar-refractivity contribution in [1.82, 2.24) is 15.1 Å². The van der Waals surface area contributed by atoms with Crippen LogP contribution in [0.5, 0.6) is 0 Å². The normalized spacial score (nSPS) is 17.6. The van der Waals surface area contributed by atoms with Gasteiger partial charge in [0.2, 0.25) is 0 Å². The zero-order chi connectivity index (χ0) is 13.9. The number of ether oxygens (including phenoxy) is 1. The van der Waals surface area contributed by atoms with Crippen molar-refractivity contribution in [1.29, 1.82) is 0 Å². The maximum atomic E-state index is 11.7. The summed E-state index contributed by atoms with van der Waals surface area (Å²) in [5.74, 6) is -0.0949. The number of carbonyl (C=O) groups excluding carboxylic acids is 1. The van der Waals surface area contributed by atoms with Gasteiger partial charge >= 0.3 is 0 Å². The Morgan fingerprint density at radius 3 is 3.00 bits per heavy atom. The molecule has 1 aliphatic heterocycles. The van der Waals surface area contributed by atoms with Crippen LogP contribution in [0.15, 0.2) is 41.0 Å². The van der Waals surface area contributed by atoms with Crippen LogP contribution >= 0.6 is 15.9 Å². The van der Waals surface area contributed by atoms with E-state index in [9.17, 15) is 4.79 Å². The maximum Gasteiger partial charge on any atom is 0.269 e. The molecule has 0 saturated heterocycles. The molecule has 0 unspecified atom stereocenters. The van der Waals surface area contributed by atoms with E-state index in [1.165, 1.54) is 0 Å². The average molecular weight is 336 g/mol. The highest BCUT2D eigenvalue weighted by atomic mass is 79.9. The van der Waals surface area contributed by atoms with Crippen molar-refractivity contribution in [2.24, 2.45) is 0 Å². The first-order valence-electron chi connectivity index (χ1n) is 6.39. The molecule has 0 radical (unpaired) electrons. The van der Waals surface area contributed by atoms with Crippen molar-refractivity contribution < 1.29 is 9.53 Å². The van der Waals surface area contributed by atoms with Crippen molar-refractivity contribution >= 4 is 21.8 Å². The molecule has 0 aliphatic carbocycles. The van der Waals surface area contributed by atoms with Crippen LogP contribution in [0.3, 0.4) is 0 Å². The van der Waals surface area contributed by atoms with Gasteiger partial charge in [0.05, 0.1) is 19.3 Å². The Morgan fingerprint density at radius 2 is 2.20 bits per heavy atom. The largest absolute Gasteiger partial charge is 0.374 e. The molecule has 0 bridgehead atoms. The lowest BCUT2D eigenvalue weighted by Gasteiger charge is -2.24. The number of nitrogens with zero attached hydrogens (tertiary/aromatic N) is 2. The molecule has 104 valence electrons. The van der Waals surface area contributed by atoms with Crippen LogP contribution in [0.1, 0.15) is 22.1 Å². The van der Waals surface area contributed by atoms with E-state index in [4.69, 9.17) is 4.74 Å². The van der Waals surface area contributed by atoms with Gasteiger partial charge in [-0.1, -0.05) is 30.3 Å². The fourth-order valence-electron chi connectivity index (χ4n) is 2.22. The van der Waals surface area contributed by atoms with Crippen LogP contribution in [-0.2, 0) is 11.3 Å². The third-order valence-corrected chi connectivity index (χ3v) is 3.59. The number of nitrogens with one attached hydrogen (secondary N) is 1.